The quantitative estimate of drug-likeness (QED) is 0.737. The van der Waals surface area contributed by atoms with Crippen molar-refractivity contribution in [3.05, 3.63) is 0 Å². The minimum atomic E-state index is -0.00404. The predicted molar refractivity (Wildman–Crippen MR) is 58.5 cm³/mol. The number of carbonyl (C=O) groups is 2. The van der Waals surface area contributed by atoms with Gasteiger partial charge in [0, 0.05) is 13.0 Å². The number of ketones is 1. The second-order valence-corrected chi connectivity index (χ2v) is 4.21. The first kappa shape index (κ1) is 12.2. The molecule has 1 heterocycles. The largest absolute Gasteiger partial charge is 0.359 e. The summed E-state index contributed by atoms with van der Waals surface area (Å²) in [5.41, 5.74) is 0. The van der Waals surface area contributed by atoms with E-state index in [2.05, 4.69) is 10.2 Å². The third kappa shape index (κ3) is 3.02. The molecule has 1 rings (SSSR count). The van der Waals surface area contributed by atoms with Gasteiger partial charge < -0.3 is 5.32 Å². The molecule has 1 atom stereocenters. The molecule has 86 valence electrons. The molecule has 0 aromatic carbocycles. The van der Waals surface area contributed by atoms with Crippen molar-refractivity contribution in [2.45, 2.75) is 32.7 Å². The fourth-order valence-electron chi connectivity index (χ4n) is 2.01. The molecule has 0 spiro atoms. The molecule has 0 radical (unpaired) electrons. The molecule has 1 N–H and O–H groups in total. The number of hydrogen-bond donors (Lipinski definition) is 1. The zero-order valence-corrected chi connectivity index (χ0v) is 9.75. The van der Waals surface area contributed by atoms with Gasteiger partial charge in [0.05, 0.1) is 6.04 Å². The van der Waals surface area contributed by atoms with Gasteiger partial charge in [-0.05, 0) is 39.8 Å². The number of carbonyl (C=O) groups excluding carboxylic acids is 2. The van der Waals surface area contributed by atoms with Gasteiger partial charge >= 0.3 is 0 Å². The van der Waals surface area contributed by atoms with E-state index in [-0.39, 0.29) is 23.7 Å². The summed E-state index contributed by atoms with van der Waals surface area (Å²) in [4.78, 5) is 24.7. The maximum atomic E-state index is 11.4. The Bertz CT molecular complexity index is 245. The van der Waals surface area contributed by atoms with Crippen molar-refractivity contribution in [1.29, 1.82) is 0 Å². The van der Waals surface area contributed by atoms with Gasteiger partial charge in [-0.25, -0.2) is 0 Å². The molecule has 1 unspecified atom stereocenters. The summed E-state index contributed by atoms with van der Waals surface area (Å²) in [7, 11) is 1.67. The lowest BCUT2D eigenvalue weighted by Gasteiger charge is -2.34. The molecule has 1 fully saturated rings. The molecule has 0 aromatic heterocycles. The van der Waals surface area contributed by atoms with Crippen LogP contribution in [-0.2, 0) is 9.59 Å². The number of hydrogen-bond acceptors (Lipinski definition) is 3. The van der Waals surface area contributed by atoms with Crippen LogP contribution < -0.4 is 5.32 Å². The van der Waals surface area contributed by atoms with Crippen molar-refractivity contribution in [1.82, 2.24) is 10.2 Å². The van der Waals surface area contributed by atoms with E-state index in [0.29, 0.717) is 0 Å². The van der Waals surface area contributed by atoms with Crippen molar-refractivity contribution >= 4 is 11.7 Å². The highest BCUT2D eigenvalue weighted by atomic mass is 16.1. The summed E-state index contributed by atoms with van der Waals surface area (Å²) in [6.45, 7) is 5.25. The Hall–Kier alpha value is -0.900. The molecule has 0 bridgehead atoms. The lowest BCUT2D eigenvalue weighted by Crippen LogP contribution is -2.45. The van der Waals surface area contributed by atoms with Gasteiger partial charge in [0.1, 0.15) is 5.78 Å². The first-order chi connectivity index (χ1) is 7.06. The van der Waals surface area contributed by atoms with Crippen LogP contribution in [0.5, 0.6) is 0 Å². The van der Waals surface area contributed by atoms with E-state index in [9.17, 15) is 9.59 Å². The van der Waals surface area contributed by atoms with Crippen LogP contribution >= 0.6 is 0 Å². The molecule has 4 heteroatoms. The van der Waals surface area contributed by atoms with Crippen LogP contribution in [0.25, 0.3) is 0 Å². The molecule has 0 saturated carbocycles. The minimum Gasteiger partial charge on any atom is -0.359 e. The third-order valence-electron chi connectivity index (χ3n) is 3.28. The molecule has 1 aliphatic heterocycles. The Kier molecular flexibility index (Phi) is 4.27. The molecule has 0 aliphatic carbocycles. The smallest absolute Gasteiger partial charge is 0.222 e. The van der Waals surface area contributed by atoms with Crippen molar-refractivity contribution in [2.24, 2.45) is 5.92 Å². The van der Waals surface area contributed by atoms with Crippen LogP contribution in [0.1, 0.15) is 26.7 Å². The van der Waals surface area contributed by atoms with E-state index in [1.807, 2.05) is 6.92 Å². The number of amides is 1. The number of likely N-dealkylation sites (tertiary alicyclic amines) is 1. The number of piperidine rings is 1. The first-order valence-corrected chi connectivity index (χ1v) is 5.52. The number of nitrogens with zero attached hydrogens (tertiary/aromatic N) is 1. The SMILES string of the molecule is CNC(=O)C1CCN(C(C)C(C)=O)CC1. The van der Waals surface area contributed by atoms with Crippen LogP contribution in [0.3, 0.4) is 0 Å². The lowest BCUT2D eigenvalue weighted by atomic mass is 9.94. The van der Waals surface area contributed by atoms with E-state index in [0.717, 1.165) is 25.9 Å². The summed E-state index contributed by atoms with van der Waals surface area (Å²) in [6.07, 6.45) is 1.72. The zero-order chi connectivity index (χ0) is 11.4. The average molecular weight is 212 g/mol. The van der Waals surface area contributed by atoms with Gasteiger partial charge in [0.15, 0.2) is 0 Å². The van der Waals surface area contributed by atoms with Gasteiger partial charge in [-0.1, -0.05) is 0 Å². The van der Waals surface area contributed by atoms with Crippen molar-refractivity contribution < 1.29 is 9.59 Å². The first-order valence-electron chi connectivity index (χ1n) is 5.52. The standard InChI is InChI=1S/C11H20N2O2/c1-8(9(2)14)13-6-4-10(5-7-13)11(15)12-3/h8,10H,4-7H2,1-3H3,(H,12,15). The van der Waals surface area contributed by atoms with E-state index in [1.54, 1.807) is 14.0 Å². The molecular formula is C11H20N2O2. The second kappa shape index (κ2) is 5.26. The summed E-state index contributed by atoms with van der Waals surface area (Å²) in [5.74, 6) is 0.462. The minimum absolute atomic E-state index is 0.00404. The Morgan fingerprint density at radius 1 is 1.33 bits per heavy atom. The molecule has 4 nitrogen and oxygen atoms in total. The van der Waals surface area contributed by atoms with Crippen molar-refractivity contribution in [3.63, 3.8) is 0 Å². The summed E-state index contributed by atoms with van der Waals surface area (Å²) < 4.78 is 0. The molecule has 1 amide bonds. The normalized spacial score (nSPS) is 21.0. The fraction of sp³-hybridized carbons (Fsp3) is 0.818. The molecule has 1 saturated heterocycles. The average Bonchev–Trinajstić information content (AvgIpc) is 2.27. The number of rotatable bonds is 3. The van der Waals surface area contributed by atoms with E-state index in [1.165, 1.54) is 0 Å². The molecular weight excluding hydrogens is 192 g/mol. The van der Waals surface area contributed by atoms with Crippen LogP contribution in [0.4, 0.5) is 0 Å². The van der Waals surface area contributed by atoms with E-state index < -0.39 is 0 Å². The van der Waals surface area contributed by atoms with Gasteiger partial charge in [0.25, 0.3) is 0 Å². The van der Waals surface area contributed by atoms with Crippen molar-refractivity contribution in [2.75, 3.05) is 20.1 Å². The highest BCUT2D eigenvalue weighted by molar-refractivity contribution is 5.81. The van der Waals surface area contributed by atoms with E-state index >= 15 is 0 Å². The second-order valence-electron chi connectivity index (χ2n) is 4.21. The van der Waals surface area contributed by atoms with Crippen LogP contribution in [0, 0.1) is 5.92 Å². The van der Waals surface area contributed by atoms with Gasteiger partial charge in [-0.2, -0.15) is 0 Å². The highest BCUT2D eigenvalue weighted by Crippen LogP contribution is 2.19. The fourth-order valence-corrected chi connectivity index (χ4v) is 2.01. The van der Waals surface area contributed by atoms with E-state index in [4.69, 9.17) is 0 Å². The predicted octanol–water partition coefficient (Wildman–Crippen LogP) is 0.422. The van der Waals surface area contributed by atoms with Gasteiger partial charge in [-0.3, -0.25) is 14.5 Å². The summed E-state index contributed by atoms with van der Waals surface area (Å²) in [5, 5.41) is 2.68. The van der Waals surface area contributed by atoms with Crippen LogP contribution in [-0.4, -0.2) is 42.8 Å². The zero-order valence-electron chi connectivity index (χ0n) is 9.75. The van der Waals surface area contributed by atoms with Gasteiger partial charge in [0.2, 0.25) is 5.91 Å². The maximum absolute atomic E-state index is 11.4. The molecule has 1 aliphatic rings. The Balaban J connectivity index is 2.42. The Morgan fingerprint density at radius 2 is 1.87 bits per heavy atom. The van der Waals surface area contributed by atoms with Crippen LogP contribution in [0.15, 0.2) is 0 Å². The van der Waals surface area contributed by atoms with Gasteiger partial charge in [-0.15, -0.1) is 0 Å². The van der Waals surface area contributed by atoms with Crippen LogP contribution in [0.2, 0.25) is 0 Å². The maximum Gasteiger partial charge on any atom is 0.222 e. The summed E-state index contributed by atoms with van der Waals surface area (Å²) in [6, 6.07) is -0.00404. The highest BCUT2D eigenvalue weighted by Gasteiger charge is 2.27. The van der Waals surface area contributed by atoms with Crippen molar-refractivity contribution in [3.8, 4) is 0 Å². The summed E-state index contributed by atoms with van der Waals surface area (Å²) >= 11 is 0. The Morgan fingerprint density at radius 3 is 2.27 bits per heavy atom. The topological polar surface area (TPSA) is 49.4 Å². The lowest BCUT2D eigenvalue weighted by molar-refractivity contribution is -0.126. The monoisotopic (exact) mass is 212 g/mol. The molecule has 0 aromatic rings. The Labute approximate surface area is 91.0 Å². The third-order valence-corrected chi connectivity index (χ3v) is 3.28. The molecule has 15 heavy (non-hydrogen) atoms. The number of Topliss-reactive ketones (excluding diaryl/α,β-unsaturated/α-hetero) is 1. The number of nitrogens with one attached hydrogen (secondary N) is 1.